The van der Waals surface area contributed by atoms with Gasteiger partial charge >= 0.3 is 0 Å². The average molecular weight is 429 g/mol. The minimum absolute atomic E-state index is 0.0581. The van der Waals surface area contributed by atoms with Gasteiger partial charge in [-0.25, -0.2) is 4.68 Å². The monoisotopic (exact) mass is 428 g/mol. The second kappa shape index (κ2) is 7.54. The van der Waals surface area contributed by atoms with Crippen molar-refractivity contribution in [3.63, 3.8) is 0 Å². The van der Waals surface area contributed by atoms with Gasteiger partial charge in [0.2, 0.25) is 5.91 Å². The van der Waals surface area contributed by atoms with Crippen LogP contribution in [0.3, 0.4) is 0 Å². The van der Waals surface area contributed by atoms with Crippen molar-refractivity contribution >= 4 is 46.5 Å². The zero-order chi connectivity index (χ0) is 20.7. The minimum atomic E-state index is -0.724. The molecule has 148 valence electrons. The smallest absolute Gasteiger partial charge is 0.251 e. The fourth-order valence-corrected chi connectivity index (χ4v) is 3.99. The highest BCUT2D eigenvalue weighted by Gasteiger charge is 2.36. The topological polar surface area (TPSA) is 76.0 Å². The SMILES string of the molecule is Cc1ccc(-c2c(C)nn3c2NC(=O)C3CC(=O)Nc2cc(Cl)cc(Cl)c2)cc1. The Morgan fingerprint density at radius 1 is 1.14 bits per heavy atom. The van der Waals surface area contributed by atoms with E-state index < -0.39 is 6.04 Å². The third kappa shape index (κ3) is 3.86. The lowest BCUT2D eigenvalue weighted by Gasteiger charge is -2.10. The first-order chi connectivity index (χ1) is 13.8. The number of nitrogens with zero attached hydrogens (tertiary/aromatic N) is 2. The molecule has 1 unspecified atom stereocenters. The van der Waals surface area contributed by atoms with Crippen LogP contribution in [0.2, 0.25) is 10.0 Å². The molecule has 2 heterocycles. The van der Waals surface area contributed by atoms with E-state index in [1.54, 1.807) is 22.9 Å². The number of amides is 2. The molecular weight excluding hydrogens is 411 g/mol. The molecule has 1 aromatic heterocycles. The predicted octanol–water partition coefficient (Wildman–Crippen LogP) is 5.00. The van der Waals surface area contributed by atoms with Gasteiger partial charge in [0.05, 0.1) is 12.1 Å². The summed E-state index contributed by atoms with van der Waals surface area (Å²) < 4.78 is 1.59. The van der Waals surface area contributed by atoms with Crippen molar-refractivity contribution in [2.45, 2.75) is 26.3 Å². The Balaban J connectivity index is 1.58. The molecule has 2 aromatic carbocycles. The van der Waals surface area contributed by atoms with Crippen molar-refractivity contribution < 1.29 is 9.59 Å². The summed E-state index contributed by atoms with van der Waals surface area (Å²) in [5, 5.41) is 11.0. The standard InChI is InChI=1S/C21H18Cl2N4O2/c1-11-3-5-13(6-4-11)19-12(2)26-27-17(21(29)25-20(19)27)10-18(28)24-16-8-14(22)7-15(23)9-16/h3-9,17H,10H2,1-2H3,(H,24,28)(H,25,29). The number of benzene rings is 2. The molecule has 0 radical (unpaired) electrons. The molecule has 2 amide bonds. The number of fused-ring (bicyclic) bond motifs is 1. The van der Waals surface area contributed by atoms with Crippen molar-refractivity contribution in [1.29, 1.82) is 0 Å². The van der Waals surface area contributed by atoms with Gasteiger partial charge in [0.15, 0.2) is 0 Å². The Bertz CT molecular complexity index is 1100. The van der Waals surface area contributed by atoms with Crippen molar-refractivity contribution in [3.05, 3.63) is 63.8 Å². The van der Waals surface area contributed by atoms with Gasteiger partial charge in [0, 0.05) is 21.3 Å². The average Bonchev–Trinajstić information content (AvgIpc) is 3.09. The van der Waals surface area contributed by atoms with E-state index in [2.05, 4.69) is 15.7 Å². The molecule has 0 saturated carbocycles. The lowest BCUT2D eigenvalue weighted by atomic mass is 10.0. The highest BCUT2D eigenvalue weighted by atomic mass is 35.5. The van der Waals surface area contributed by atoms with E-state index in [1.165, 1.54) is 0 Å². The lowest BCUT2D eigenvalue weighted by molar-refractivity contribution is -0.123. The van der Waals surface area contributed by atoms with Crippen LogP contribution in [0.1, 0.15) is 23.7 Å². The maximum atomic E-state index is 12.5. The number of carbonyl (C=O) groups is 2. The minimum Gasteiger partial charge on any atom is -0.326 e. The molecular formula is C21H18Cl2N4O2. The maximum absolute atomic E-state index is 12.5. The summed E-state index contributed by atoms with van der Waals surface area (Å²) in [4.78, 5) is 25.1. The number of hydrogen-bond donors (Lipinski definition) is 2. The molecule has 0 spiro atoms. The van der Waals surface area contributed by atoms with E-state index in [9.17, 15) is 9.59 Å². The number of rotatable bonds is 4. The number of nitrogens with one attached hydrogen (secondary N) is 2. The first-order valence-corrected chi connectivity index (χ1v) is 9.80. The van der Waals surface area contributed by atoms with Gasteiger partial charge in [0.25, 0.3) is 5.91 Å². The summed E-state index contributed by atoms with van der Waals surface area (Å²) >= 11 is 11.9. The Hall–Kier alpha value is -2.83. The normalized spacial score (nSPS) is 15.2. The van der Waals surface area contributed by atoms with Crippen LogP contribution in [0.5, 0.6) is 0 Å². The number of halogens is 2. The molecule has 2 N–H and O–H groups in total. The van der Waals surface area contributed by atoms with Gasteiger partial charge < -0.3 is 10.6 Å². The van der Waals surface area contributed by atoms with E-state index in [1.807, 2.05) is 38.1 Å². The zero-order valence-corrected chi connectivity index (χ0v) is 17.3. The Morgan fingerprint density at radius 2 is 1.79 bits per heavy atom. The first kappa shape index (κ1) is 19.5. The predicted molar refractivity (Wildman–Crippen MR) is 115 cm³/mol. The lowest BCUT2D eigenvalue weighted by Crippen LogP contribution is -2.23. The molecule has 6 nitrogen and oxygen atoms in total. The quantitative estimate of drug-likeness (QED) is 0.613. The van der Waals surface area contributed by atoms with E-state index in [0.717, 1.165) is 22.4 Å². The van der Waals surface area contributed by atoms with Crippen LogP contribution < -0.4 is 10.6 Å². The molecule has 0 saturated heterocycles. The van der Waals surface area contributed by atoms with Crippen LogP contribution in [-0.4, -0.2) is 21.6 Å². The largest absolute Gasteiger partial charge is 0.326 e. The van der Waals surface area contributed by atoms with Crippen molar-refractivity contribution in [2.24, 2.45) is 0 Å². The van der Waals surface area contributed by atoms with Gasteiger partial charge in [-0.3, -0.25) is 9.59 Å². The molecule has 4 rings (SSSR count). The number of carbonyl (C=O) groups excluding carboxylic acids is 2. The van der Waals surface area contributed by atoms with Crippen LogP contribution in [0.25, 0.3) is 11.1 Å². The highest BCUT2D eigenvalue weighted by Crippen LogP contribution is 2.38. The summed E-state index contributed by atoms with van der Waals surface area (Å²) in [6, 6.07) is 12.1. The van der Waals surface area contributed by atoms with Crippen LogP contribution in [0.15, 0.2) is 42.5 Å². The van der Waals surface area contributed by atoms with E-state index in [0.29, 0.717) is 21.6 Å². The molecule has 0 bridgehead atoms. The van der Waals surface area contributed by atoms with E-state index >= 15 is 0 Å². The third-order valence-corrected chi connectivity index (χ3v) is 5.23. The summed E-state index contributed by atoms with van der Waals surface area (Å²) in [6.45, 7) is 3.90. The second-order valence-electron chi connectivity index (χ2n) is 7.04. The highest BCUT2D eigenvalue weighted by molar-refractivity contribution is 6.35. The zero-order valence-electron chi connectivity index (χ0n) is 15.8. The number of hydrogen-bond acceptors (Lipinski definition) is 3. The Morgan fingerprint density at radius 3 is 2.45 bits per heavy atom. The number of anilines is 2. The second-order valence-corrected chi connectivity index (χ2v) is 7.91. The Kier molecular flexibility index (Phi) is 5.06. The van der Waals surface area contributed by atoms with Crippen LogP contribution in [-0.2, 0) is 9.59 Å². The van der Waals surface area contributed by atoms with Crippen molar-refractivity contribution in [2.75, 3.05) is 10.6 Å². The van der Waals surface area contributed by atoms with Crippen molar-refractivity contribution in [1.82, 2.24) is 9.78 Å². The summed E-state index contributed by atoms with van der Waals surface area (Å²) in [6.07, 6.45) is -0.0581. The summed E-state index contributed by atoms with van der Waals surface area (Å²) in [5.41, 5.74) is 4.24. The summed E-state index contributed by atoms with van der Waals surface area (Å²) in [7, 11) is 0. The van der Waals surface area contributed by atoms with Crippen LogP contribution in [0, 0.1) is 13.8 Å². The number of aromatic nitrogens is 2. The van der Waals surface area contributed by atoms with Gasteiger partial charge in [-0.1, -0.05) is 53.0 Å². The molecule has 1 aliphatic heterocycles. The van der Waals surface area contributed by atoms with Crippen molar-refractivity contribution in [3.8, 4) is 11.1 Å². The first-order valence-electron chi connectivity index (χ1n) is 9.05. The molecule has 8 heteroatoms. The van der Waals surface area contributed by atoms with Crippen LogP contribution >= 0.6 is 23.2 Å². The molecule has 3 aromatic rings. The molecule has 0 fully saturated rings. The molecule has 1 atom stereocenters. The summed E-state index contributed by atoms with van der Waals surface area (Å²) in [5.74, 6) is 0.0152. The number of aryl methyl sites for hydroxylation is 2. The van der Waals surface area contributed by atoms with E-state index in [4.69, 9.17) is 23.2 Å². The fourth-order valence-electron chi connectivity index (χ4n) is 3.46. The maximum Gasteiger partial charge on any atom is 0.251 e. The van der Waals surface area contributed by atoms with Gasteiger partial charge in [0.1, 0.15) is 11.9 Å². The van der Waals surface area contributed by atoms with Crippen LogP contribution in [0.4, 0.5) is 11.5 Å². The van der Waals surface area contributed by atoms with Gasteiger partial charge in [-0.15, -0.1) is 0 Å². The van der Waals surface area contributed by atoms with Gasteiger partial charge in [-0.2, -0.15) is 5.10 Å². The molecule has 29 heavy (non-hydrogen) atoms. The van der Waals surface area contributed by atoms with Gasteiger partial charge in [-0.05, 0) is 37.6 Å². The van der Waals surface area contributed by atoms with E-state index in [-0.39, 0.29) is 18.2 Å². The molecule has 1 aliphatic rings. The Labute approximate surface area is 177 Å². The fraction of sp³-hybridized carbons (Fsp3) is 0.190. The molecule has 0 aliphatic carbocycles. The third-order valence-electron chi connectivity index (χ3n) is 4.79.